The molecule has 52 valence electrons. The summed E-state index contributed by atoms with van der Waals surface area (Å²) in [5.41, 5.74) is 1.93. The normalized spacial score (nSPS) is 9.56. The number of carbonyl (C=O) groups excluding carboxylic acids is 1. The van der Waals surface area contributed by atoms with E-state index >= 15 is 0 Å². The van der Waals surface area contributed by atoms with Gasteiger partial charge < -0.3 is 4.74 Å². The molecule has 5 heteroatoms. The van der Waals surface area contributed by atoms with E-state index in [4.69, 9.17) is 5.84 Å². The molecule has 0 spiro atoms. The molecular weight excluding hydrogens is 122 g/mol. The summed E-state index contributed by atoms with van der Waals surface area (Å²) in [5, 5.41) is 3.22. The highest BCUT2D eigenvalue weighted by atomic mass is 16.5. The number of hydrogen-bond acceptors (Lipinski definition) is 5. The molecule has 0 atom stereocenters. The fourth-order valence-electron chi connectivity index (χ4n) is 0.269. The third kappa shape index (κ3) is 4.76. The zero-order valence-electron chi connectivity index (χ0n) is 5.13. The Morgan fingerprint density at radius 3 is 3.11 bits per heavy atom. The molecule has 0 saturated carbocycles. The van der Waals surface area contributed by atoms with Crippen LogP contribution in [-0.2, 0) is 9.53 Å². The van der Waals surface area contributed by atoms with E-state index in [0.717, 1.165) is 6.21 Å². The Kier molecular flexibility index (Phi) is 4.43. The van der Waals surface area contributed by atoms with Crippen molar-refractivity contribution < 1.29 is 9.53 Å². The van der Waals surface area contributed by atoms with Gasteiger partial charge in [0.15, 0.2) is 0 Å². The summed E-state index contributed by atoms with van der Waals surface area (Å²) >= 11 is 0. The second-order valence-corrected chi connectivity index (χ2v) is 1.14. The van der Waals surface area contributed by atoms with Gasteiger partial charge >= 0.3 is 5.97 Å². The second kappa shape index (κ2) is 5.04. The van der Waals surface area contributed by atoms with Gasteiger partial charge in [-0.05, 0) is 6.92 Å². The lowest BCUT2D eigenvalue weighted by atomic mass is 10.7. The molecule has 0 aliphatic carbocycles. The minimum absolute atomic E-state index is 0.343. The van der Waals surface area contributed by atoms with Crippen LogP contribution in [0.4, 0.5) is 0 Å². The predicted octanol–water partition coefficient (Wildman–Crippen LogP) is -1.00. The number of nitrogens with zero attached hydrogens (tertiary/aromatic N) is 1. The van der Waals surface area contributed by atoms with E-state index in [0.29, 0.717) is 6.61 Å². The Morgan fingerprint density at radius 1 is 2.00 bits per heavy atom. The van der Waals surface area contributed by atoms with Gasteiger partial charge in [-0.2, -0.15) is 5.10 Å². The van der Waals surface area contributed by atoms with Gasteiger partial charge in [0.05, 0.1) is 6.61 Å². The van der Waals surface area contributed by atoms with Crippen molar-refractivity contribution in [2.75, 3.05) is 6.61 Å². The molecule has 0 heterocycles. The van der Waals surface area contributed by atoms with Crippen molar-refractivity contribution in [3.8, 4) is 0 Å². The first-order chi connectivity index (χ1) is 4.31. The summed E-state index contributed by atoms with van der Waals surface area (Å²) in [5.74, 6) is 4.21. The second-order valence-electron chi connectivity index (χ2n) is 1.14. The lowest BCUT2D eigenvalue weighted by Gasteiger charge is -1.92. The molecule has 0 saturated heterocycles. The third-order valence-corrected chi connectivity index (χ3v) is 0.531. The van der Waals surface area contributed by atoms with Crippen molar-refractivity contribution in [2.24, 2.45) is 10.9 Å². The van der Waals surface area contributed by atoms with Gasteiger partial charge in [-0.1, -0.05) is 0 Å². The van der Waals surface area contributed by atoms with Crippen molar-refractivity contribution in [2.45, 2.75) is 6.92 Å². The van der Waals surface area contributed by atoms with Crippen LogP contribution in [0.3, 0.4) is 0 Å². The molecular formula is C4H9N3O2. The minimum Gasteiger partial charge on any atom is -0.462 e. The van der Waals surface area contributed by atoms with Crippen LogP contribution in [0.5, 0.6) is 0 Å². The molecule has 9 heavy (non-hydrogen) atoms. The van der Waals surface area contributed by atoms with Crippen molar-refractivity contribution in [3.05, 3.63) is 0 Å². The van der Waals surface area contributed by atoms with Crippen molar-refractivity contribution in [1.82, 2.24) is 5.53 Å². The van der Waals surface area contributed by atoms with Crippen LogP contribution < -0.4 is 11.4 Å². The average molecular weight is 131 g/mol. The Labute approximate surface area is 52.8 Å². The summed E-state index contributed by atoms with van der Waals surface area (Å²) in [6, 6.07) is 0. The van der Waals surface area contributed by atoms with Gasteiger partial charge in [0, 0.05) is 0 Å². The van der Waals surface area contributed by atoms with Crippen LogP contribution >= 0.6 is 0 Å². The first kappa shape index (κ1) is 7.90. The summed E-state index contributed by atoms with van der Waals surface area (Å²) in [6.07, 6.45) is 0.962. The SMILES string of the molecule is CCOC(=O)/C=N/NN. The molecule has 0 aromatic heterocycles. The molecule has 0 aliphatic heterocycles. The van der Waals surface area contributed by atoms with E-state index in [-0.39, 0.29) is 0 Å². The van der Waals surface area contributed by atoms with Gasteiger partial charge in [0.1, 0.15) is 6.21 Å². The minimum atomic E-state index is -0.504. The molecule has 0 fully saturated rings. The molecule has 0 aliphatic rings. The zero-order chi connectivity index (χ0) is 7.11. The lowest BCUT2D eigenvalue weighted by Crippen LogP contribution is -2.16. The zero-order valence-corrected chi connectivity index (χ0v) is 5.13. The molecule has 0 aromatic carbocycles. The van der Waals surface area contributed by atoms with E-state index < -0.39 is 5.97 Å². The van der Waals surface area contributed by atoms with E-state index in [1.54, 1.807) is 6.92 Å². The van der Waals surface area contributed by atoms with Crippen molar-refractivity contribution in [3.63, 3.8) is 0 Å². The fraction of sp³-hybridized carbons (Fsp3) is 0.500. The number of esters is 1. The Bertz CT molecular complexity index is 112. The summed E-state index contributed by atoms with van der Waals surface area (Å²) < 4.78 is 4.46. The Hall–Kier alpha value is -1.10. The van der Waals surface area contributed by atoms with E-state index in [9.17, 15) is 4.79 Å². The number of hydrogen-bond donors (Lipinski definition) is 2. The Morgan fingerprint density at radius 2 is 2.67 bits per heavy atom. The maximum atomic E-state index is 10.3. The van der Waals surface area contributed by atoms with Crippen LogP contribution in [-0.4, -0.2) is 18.8 Å². The van der Waals surface area contributed by atoms with Gasteiger partial charge in [0.2, 0.25) is 0 Å². The highest BCUT2D eigenvalue weighted by Gasteiger charge is 1.91. The van der Waals surface area contributed by atoms with E-state index in [1.165, 1.54) is 0 Å². The quantitative estimate of drug-likeness (QED) is 0.223. The highest BCUT2D eigenvalue weighted by Crippen LogP contribution is 1.70. The van der Waals surface area contributed by atoms with Gasteiger partial charge in [-0.3, -0.25) is 0 Å². The number of hydrazone groups is 1. The molecule has 0 radical (unpaired) electrons. The molecule has 5 nitrogen and oxygen atoms in total. The largest absolute Gasteiger partial charge is 0.462 e. The summed E-state index contributed by atoms with van der Waals surface area (Å²) in [7, 11) is 0. The van der Waals surface area contributed by atoms with Gasteiger partial charge in [0.25, 0.3) is 0 Å². The first-order valence-corrected chi connectivity index (χ1v) is 2.46. The van der Waals surface area contributed by atoms with Crippen LogP contribution in [0.25, 0.3) is 0 Å². The molecule has 0 unspecified atom stereocenters. The topological polar surface area (TPSA) is 76.7 Å². The number of ether oxygens (including phenoxy) is 1. The lowest BCUT2D eigenvalue weighted by molar-refractivity contribution is -0.134. The molecule has 0 aromatic rings. The van der Waals surface area contributed by atoms with Crippen LogP contribution in [0.15, 0.2) is 5.10 Å². The molecule has 0 amide bonds. The maximum Gasteiger partial charge on any atom is 0.351 e. The third-order valence-electron chi connectivity index (χ3n) is 0.531. The number of rotatable bonds is 3. The van der Waals surface area contributed by atoms with Crippen molar-refractivity contribution in [1.29, 1.82) is 0 Å². The van der Waals surface area contributed by atoms with Crippen LogP contribution in [0, 0.1) is 0 Å². The highest BCUT2D eigenvalue weighted by molar-refractivity contribution is 6.23. The van der Waals surface area contributed by atoms with Crippen molar-refractivity contribution >= 4 is 12.2 Å². The molecule has 0 bridgehead atoms. The van der Waals surface area contributed by atoms with Crippen LogP contribution in [0.1, 0.15) is 6.92 Å². The monoisotopic (exact) mass is 131 g/mol. The number of carbonyl (C=O) groups is 1. The smallest absolute Gasteiger partial charge is 0.351 e. The number of hydrazine groups is 1. The molecule has 3 N–H and O–H groups in total. The first-order valence-electron chi connectivity index (χ1n) is 2.46. The van der Waals surface area contributed by atoms with Gasteiger partial charge in [-0.15, -0.1) is 0 Å². The fourth-order valence-corrected chi connectivity index (χ4v) is 0.269. The maximum absolute atomic E-state index is 10.3. The number of nitrogens with two attached hydrogens (primary N) is 1. The standard InChI is InChI=1S/C4H9N3O2/c1-2-9-4(8)3-6-7-5/h3,7H,2,5H2,1H3/b6-3+. The Balaban J connectivity index is 3.37. The number of nitrogens with one attached hydrogen (secondary N) is 1. The van der Waals surface area contributed by atoms with E-state index in [1.807, 2.05) is 5.53 Å². The molecule has 0 rings (SSSR count). The van der Waals surface area contributed by atoms with Crippen LogP contribution in [0.2, 0.25) is 0 Å². The summed E-state index contributed by atoms with van der Waals surface area (Å²) in [4.78, 5) is 10.3. The summed E-state index contributed by atoms with van der Waals surface area (Å²) in [6.45, 7) is 2.05. The predicted molar refractivity (Wildman–Crippen MR) is 32.4 cm³/mol. The van der Waals surface area contributed by atoms with E-state index in [2.05, 4.69) is 9.84 Å². The average Bonchev–Trinajstić information content (AvgIpc) is 1.85. The van der Waals surface area contributed by atoms with Gasteiger partial charge in [-0.25, -0.2) is 16.2 Å².